The minimum absolute atomic E-state index is 0.136. The number of methoxy groups -OCH3 is 2. The lowest BCUT2D eigenvalue weighted by Crippen LogP contribution is -2.25. The maximum absolute atomic E-state index is 13.1. The SMILES string of the molecule is COc1cc(/C=C/C(=O)/C(CC(N)=O)=C(O)/C=C/c2ccc(OC3CCCCO3)c(OC)c2)ccc1OC1CCCCO1. The number of amides is 1. The van der Waals surface area contributed by atoms with Crippen LogP contribution in [-0.4, -0.2) is 56.8 Å². The van der Waals surface area contributed by atoms with Crippen LogP contribution in [0.2, 0.25) is 0 Å². The number of aliphatic hydroxyl groups is 1. The van der Waals surface area contributed by atoms with Crippen molar-refractivity contribution in [3.63, 3.8) is 0 Å². The predicted molar refractivity (Wildman–Crippen MR) is 161 cm³/mol. The Morgan fingerprint density at radius 1 is 0.814 bits per heavy atom. The van der Waals surface area contributed by atoms with Crippen molar-refractivity contribution in [2.24, 2.45) is 5.73 Å². The largest absolute Gasteiger partial charge is 0.508 e. The van der Waals surface area contributed by atoms with Crippen LogP contribution in [0.4, 0.5) is 0 Å². The second-order valence-corrected chi connectivity index (χ2v) is 10.2. The van der Waals surface area contributed by atoms with E-state index in [0.29, 0.717) is 47.3 Å². The second kappa shape index (κ2) is 15.8. The molecule has 2 aliphatic rings. The molecule has 43 heavy (non-hydrogen) atoms. The molecule has 0 aliphatic carbocycles. The van der Waals surface area contributed by atoms with E-state index in [2.05, 4.69) is 0 Å². The molecule has 0 radical (unpaired) electrons. The third kappa shape index (κ3) is 9.36. The van der Waals surface area contributed by atoms with Gasteiger partial charge in [0.25, 0.3) is 0 Å². The number of carbonyl (C=O) groups excluding carboxylic acids is 2. The first-order valence-corrected chi connectivity index (χ1v) is 14.4. The summed E-state index contributed by atoms with van der Waals surface area (Å²) < 4.78 is 34.1. The van der Waals surface area contributed by atoms with E-state index in [-0.39, 0.29) is 23.9 Å². The van der Waals surface area contributed by atoms with Gasteiger partial charge < -0.3 is 39.3 Å². The molecule has 2 aromatic carbocycles. The highest BCUT2D eigenvalue weighted by Gasteiger charge is 2.19. The van der Waals surface area contributed by atoms with Crippen molar-refractivity contribution in [2.45, 2.75) is 57.5 Å². The van der Waals surface area contributed by atoms with Crippen LogP contribution >= 0.6 is 0 Å². The van der Waals surface area contributed by atoms with Crippen LogP contribution in [0.25, 0.3) is 12.2 Å². The third-order valence-corrected chi connectivity index (χ3v) is 6.99. The summed E-state index contributed by atoms with van der Waals surface area (Å²) in [6.45, 7) is 1.32. The minimum atomic E-state index is -0.752. The number of primary amides is 1. The van der Waals surface area contributed by atoms with Gasteiger partial charge in [-0.3, -0.25) is 9.59 Å². The van der Waals surface area contributed by atoms with E-state index >= 15 is 0 Å². The molecule has 0 saturated carbocycles. The van der Waals surface area contributed by atoms with Gasteiger partial charge in [-0.1, -0.05) is 24.3 Å². The lowest BCUT2D eigenvalue weighted by atomic mass is 10.0. The summed E-state index contributed by atoms with van der Waals surface area (Å²) in [5.74, 6) is 0.364. The molecule has 10 nitrogen and oxygen atoms in total. The molecule has 3 N–H and O–H groups in total. The molecule has 1 amide bonds. The fourth-order valence-electron chi connectivity index (χ4n) is 4.69. The predicted octanol–water partition coefficient (Wildman–Crippen LogP) is 5.50. The molecule has 0 spiro atoms. The summed E-state index contributed by atoms with van der Waals surface area (Å²) in [6, 6.07) is 10.5. The Balaban J connectivity index is 1.47. The summed E-state index contributed by atoms with van der Waals surface area (Å²) in [5, 5.41) is 10.8. The summed E-state index contributed by atoms with van der Waals surface area (Å²) in [5.41, 5.74) is 6.58. The van der Waals surface area contributed by atoms with Crippen LogP contribution in [0.15, 0.2) is 59.9 Å². The lowest BCUT2D eigenvalue weighted by molar-refractivity contribution is -0.119. The molecule has 230 valence electrons. The van der Waals surface area contributed by atoms with Crippen molar-refractivity contribution in [3.8, 4) is 23.0 Å². The van der Waals surface area contributed by atoms with E-state index in [1.54, 1.807) is 48.6 Å². The Morgan fingerprint density at radius 2 is 1.33 bits per heavy atom. The Morgan fingerprint density at radius 3 is 1.77 bits per heavy atom. The number of hydrogen-bond acceptors (Lipinski definition) is 9. The number of hydrogen-bond donors (Lipinski definition) is 2. The first-order chi connectivity index (χ1) is 20.9. The first kappa shape index (κ1) is 31.7. The van der Waals surface area contributed by atoms with Crippen LogP contribution in [0.3, 0.4) is 0 Å². The van der Waals surface area contributed by atoms with Crippen molar-refractivity contribution < 1.29 is 43.1 Å². The molecule has 2 atom stereocenters. The normalized spacial score (nSPS) is 19.6. The molecule has 2 heterocycles. The van der Waals surface area contributed by atoms with E-state index in [1.165, 1.54) is 26.4 Å². The van der Waals surface area contributed by atoms with E-state index in [4.69, 9.17) is 34.2 Å². The Bertz CT molecular complexity index is 1350. The number of benzene rings is 2. The first-order valence-electron chi connectivity index (χ1n) is 14.4. The number of aliphatic hydroxyl groups excluding tert-OH is 1. The highest BCUT2D eigenvalue weighted by atomic mass is 16.7. The lowest BCUT2D eigenvalue weighted by Gasteiger charge is -2.24. The number of nitrogens with two attached hydrogens (primary N) is 1. The Labute approximate surface area is 251 Å². The fraction of sp³-hybridized carbons (Fsp3) is 0.394. The summed E-state index contributed by atoms with van der Waals surface area (Å²) in [4.78, 5) is 24.8. The number of ether oxygens (including phenoxy) is 6. The molecule has 2 saturated heterocycles. The highest BCUT2D eigenvalue weighted by molar-refractivity contribution is 6.09. The van der Waals surface area contributed by atoms with Crippen LogP contribution < -0.4 is 24.7 Å². The van der Waals surface area contributed by atoms with Crippen LogP contribution in [0.5, 0.6) is 23.0 Å². The van der Waals surface area contributed by atoms with Gasteiger partial charge in [-0.05, 0) is 73.2 Å². The number of carbonyl (C=O) groups is 2. The van der Waals surface area contributed by atoms with E-state index in [0.717, 1.165) is 38.5 Å². The average molecular weight is 594 g/mol. The molecule has 0 bridgehead atoms. The van der Waals surface area contributed by atoms with Crippen molar-refractivity contribution >= 4 is 23.8 Å². The van der Waals surface area contributed by atoms with Crippen molar-refractivity contribution in [1.82, 2.24) is 0 Å². The van der Waals surface area contributed by atoms with E-state index in [1.807, 2.05) is 0 Å². The summed E-state index contributed by atoms with van der Waals surface area (Å²) in [6.07, 6.45) is 10.4. The molecular formula is C33H39NO9. The van der Waals surface area contributed by atoms with Gasteiger partial charge in [0, 0.05) is 12.8 Å². The molecule has 2 aromatic rings. The van der Waals surface area contributed by atoms with Gasteiger partial charge in [-0.2, -0.15) is 0 Å². The van der Waals surface area contributed by atoms with Crippen LogP contribution in [-0.2, 0) is 19.1 Å². The molecule has 2 fully saturated rings. The number of ketones is 1. The van der Waals surface area contributed by atoms with Gasteiger partial charge in [0.2, 0.25) is 5.91 Å². The number of allylic oxidation sites excluding steroid dienone is 2. The molecule has 2 unspecified atom stereocenters. The van der Waals surface area contributed by atoms with Gasteiger partial charge in [-0.25, -0.2) is 0 Å². The highest BCUT2D eigenvalue weighted by Crippen LogP contribution is 2.32. The molecule has 10 heteroatoms. The van der Waals surface area contributed by atoms with Crippen molar-refractivity contribution in [2.75, 3.05) is 27.4 Å². The van der Waals surface area contributed by atoms with E-state index in [9.17, 15) is 14.7 Å². The van der Waals surface area contributed by atoms with Gasteiger partial charge >= 0.3 is 0 Å². The maximum atomic E-state index is 13.1. The van der Waals surface area contributed by atoms with Gasteiger partial charge in [-0.15, -0.1) is 0 Å². The van der Waals surface area contributed by atoms with Gasteiger partial charge in [0.15, 0.2) is 41.4 Å². The zero-order valence-electron chi connectivity index (χ0n) is 24.6. The van der Waals surface area contributed by atoms with Crippen molar-refractivity contribution in [1.29, 1.82) is 0 Å². The quantitative estimate of drug-likeness (QED) is 0.175. The van der Waals surface area contributed by atoms with Crippen LogP contribution in [0.1, 0.15) is 56.1 Å². The molecular weight excluding hydrogens is 554 g/mol. The molecule has 0 aromatic heterocycles. The third-order valence-electron chi connectivity index (χ3n) is 6.99. The average Bonchev–Trinajstić information content (AvgIpc) is 3.03. The smallest absolute Gasteiger partial charge is 0.222 e. The van der Waals surface area contributed by atoms with Crippen LogP contribution in [0, 0.1) is 0 Å². The summed E-state index contributed by atoms with van der Waals surface area (Å²) in [7, 11) is 3.06. The molecule has 2 aliphatic heterocycles. The zero-order chi connectivity index (χ0) is 30.6. The monoisotopic (exact) mass is 593 g/mol. The maximum Gasteiger partial charge on any atom is 0.222 e. The molecule has 4 rings (SSSR count). The summed E-state index contributed by atoms with van der Waals surface area (Å²) >= 11 is 0. The topological polar surface area (TPSA) is 136 Å². The van der Waals surface area contributed by atoms with E-state index < -0.39 is 18.1 Å². The Hall–Kier alpha value is -4.28. The number of rotatable bonds is 13. The second-order valence-electron chi connectivity index (χ2n) is 10.2. The van der Waals surface area contributed by atoms with Crippen molar-refractivity contribution in [3.05, 3.63) is 71.0 Å². The fourth-order valence-corrected chi connectivity index (χ4v) is 4.69. The van der Waals surface area contributed by atoms with Gasteiger partial charge in [0.1, 0.15) is 5.76 Å². The standard InChI is InChI=1S/C33H39NO9/c1-38-29-19-22(11-15-27(29)42-32-7-3-5-17-40-32)9-13-25(35)24(21-31(34)37)26(36)14-10-23-12-16-28(30(20-23)39-2)43-33-8-4-6-18-41-33/h9-16,19-20,32-33,35H,3-8,17-18,21H2,1-2H3,(H2,34,37)/b13-9+,14-10+,25-24-. The van der Waals surface area contributed by atoms with Gasteiger partial charge in [0.05, 0.1) is 39.4 Å². The Kier molecular flexibility index (Phi) is 11.6. The minimum Gasteiger partial charge on any atom is -0.508 e. The zero-order valence-corrected chi connectivity index (χ0v) is 24.6.